The average Bonchev–Trinajstić information content (AvgIpc) is 2.77. The Kier molecular flexibility index (Phi) is 6.06. The van der Waals surface area contributed by atoms with Gasteiger partial charge in [0.25, 0.3) is 0 Å². The van der Waals surface area contributed by atoms with Crippen molar-refractivity contribution in [3.63, 3.8) is 0 Å². The number of nitrogens with one attached hydrogen (secondary N) is 1. The van der Waals surface area contributed by atoms with Crippen molar-refractivity contribution in [2.45, 2.75) is 71.6 Å². The molecule has 1 N–H and O–H groups in total. The summed E-state index contributed by atoms with van der Waals surface area (Å²) < 4.78 is 5.22. The molecule has 1 rings (SSSR count). The zero-order valence-electron chi connectivity index (χ0n) is 12.6. The van der Waals surface area contributed by atoms with Gasteiger partial charge in [0.15, 0.2) is 5.82 Å². The molecule has 1 amide bonds. The summed E-state index contributed by atoms with van der Waals surface area (Å²) in [5.74, 6) is 1.32. The summed E-state index contributed by atoms with van der Waals surface area (Å²) in [6.07, 6.45) is 6.30. The van der Waals surface area contributed by atoms with Crippen LogP contribution in [0.15, 0.2) is 10.6 Å². The Morgan fingerprint density at radius 1 is 1.26 bits per heavy atom. The fourth-order valence-electron chi connectivity index (χ4n) is 1.78. The number of anilines is 1. The van der Waals surface area contributed by atoms with Crippen LogP contribution in [0.25, 0.3) is 0 Å². The zero-order valence-corrected chi connectivity index (χ0v) is 12.6. The van der Waals surface area contributed by atoms with Gasteiger partial charge < -0.3 is 9.84 Å². The van der Waals surface area contributed by atoms with Gasteiger partial charge in [0, 0.05) is 17.9 Å². The second-order valence-electron chi connectivity index (χ2n) is 6.04. The lowest BCUT2D eigenvalue weighted by atomic mass is 9.93. The van der Waals surface area contributed by atoms with Gasteiger partial charge in [0.2, 0.25) is 5.91 Å². The Morgan fingerprint density at radius 2 is 1.95 bits per heavy atom. The van der Waals surface area contributed by atoms with Crippen LogP contribution >= 0.6 is 0 Å². The topological polar surface area (TPSA) is 55.1 Å². The van der Waals surface area contributed by atoms with E-state index in [-0.39, 0.29) is 11.3 Å². The molecular formula is C15H26N2O2. The lowest BCUT2D eigenvalue weighted by Gasteiger charge is -2.12. The summed E-state index contributed by atoms with van der Waals surface area (Å²) in [5, 5.41) is 6.65. The molecule has 0 aliphatic carbocycles. The average molecular weight is 266 g/mol. The van der Waals surface area contributed by atoms with Crippen LogP contribution in [0.3, 0.4) is 0 Å². The minimum Gasteiger partial charge on any atom is -0.359 e. The number of hydrogen-bond acceptors (Lipinski definition) is 3. The standard InChI is InChI=1S/C15H26N2O2/c1-5-6-7-8-9-10-14(18)16-13-11-12(19-17-13)15(2,3)4/h11H,5-10H2,1-4H3,(H,16,17,18). The summed E-state index contributed by atoms with van der Waals surface area (Å²) in [4.78, 5) is 11.7. The summed E-state index contributed by atoms with van der Waals surface area (Å²) in [6.45, 7) is 8.33. The van der Waals surface area contributed by atoms with Gasteiger partial charge in [0.1, 0.15) is 5.76 Å². The van der Waals surface area contributed by atoms with E-state index in [0.29, 0.717) is 12.2 Å². The van der Waals surface area contributed by atoms with E-state index in [0.717, 1.165) is 18.6 Å². The number of carbonyl (C=O) groups excluding carboxylic acids is 1. The molecule has 4 nitrogen and oxygen atoms in total. The van der Waals surface area contributed by atoms with Crippen molar-refractivity contribution >= 4 is 11.7 Å². The number of rotatable bonds is 7. The number of hydrogen-bond donors (Lipinski definition) is 1. The van der Waals surface area contributed by atoms with E-state index in [1.165, 1.54) is 19.3 Å². The van der Waals surface area contributed by atoms with Crippen LogP contribution in [-0.2, 0) is 10.2 Å². The first-order valence-corrected chi connectivity index (χ1v) is 7.20. The van der Waals surface area contributed by atoms with Gasteiger partial charge in [-0.2, -0.15) is 0 Å². The Labute approximate surface area is 115 Å². The third-order valence-electron chi connectivity index (χ3n) is 3.02. The minimum absolute atomic E-state index is 0.0188. The maximum Gasteiger partial charge on any atom is 0.225 e. The normalized spacial score (nSPS) is 11.6. The van der Waals surface area contributed by atoms with Crippen LogP contribution in [0.1, 0.15) is 72.0 Å². The van der Waals surface area contributed by atoms with E-state index in [1.807, 2.05) is 20.8 Å². The van der Waals surface area contributed by atoms with Gasteiger partial charge >= 0.3 is 0 Å². The maximum atomic E-state index is 11.7. The quantitative estimate of drug-likeness (QED) is 0.750. The molecule has 0 spiro atoms. The van der Waals surface area contributed by atoms with Crippen LogP contribution in [0.2, 0.25) is 0 Å². The molecule has 0 aliphatic heterocycles. The van der Waals surface area contributed by atoms with E-state index in [4.69, 9.17) is 4.52 Å². The monoisotopic (exact) mass is 266 g/mol. The van der Waals surface area contributed by atoms with Crippen LogP contribution < -0.4 is 5.32 Å². The van der Waals surface area contributed by atoms with Crippen molar-refractivity contribution in [2.75, 3.05) is 5.32 Å². The zero-order chi connectivity index (χ0) is 14.3. The molecule has 1 aromatic rings. The highest BCUT2D eigenvalue weighted by molar-refractivity contribution is 5.89. The van der Waals surface area contributed by atoms with Crippen molar-refractivity contribution in [1.82, 2.24) is 5.16 Å². The number of amides is 1. The first kappa shape index (κ1) is 15.7. The third-order valence-corrected chi connectivity index (χ3v) is 3.02. The molecule has 0 saturated heterocycles. The first-order chi connectivity index (χ1) is 8.93. The molecule has 1 heterocycles. The van der Waals surface area contributed by atoms with E-state index in [1.54, 1.807) is 6.07 Å². The van der Waals surface area contributed by atoms with E-state index >= 15 is 0 Å². The summed E-state index contributed by atoms with van der Waals surface area (Å²) in [5.41, 5.74) is -0.0872. The maximum absolute atomic E-state index is 11.7. The number of aromatic nitrogens is 1. The van der Waals surface area contributed by atoms with Crippen molar-refractivity contribution < 1.29 is 9.32 Å². The predicted molar refractivity (Wildman–Crippen MR) is 77.2 cm³/mol. The van der Waals surface area contributed by atoms with E-state index < -0.39 is 0 Å². The van der Waals surface area contributed by atoms with Gasteiger partial charge in [-0.15, -0.1) is 0 Å². The SMILES string of the molecule is CCCCCCCC(=O)Nc1cc(C(C)(C)C)on1. The van der Waals surface area contributed by atoms with Crippen molar-refractivity contribution in [2.24, 2.45) is 0 Å². The molecule has 1 aromatic heterocycles. The molecule has 0 bridgehead atoms. The molecule has 108 valence electrons. The van der Waals surface area contributed by atoms with Crippen LogP contribution in [-0.4, -0.2) is 11.1 Å². The molecule has 0 aromatic carbocycles. The molecular weight excluding hydrogens is 240 g/mol. The van der Waals surface area contributed by atoms with Crippen LogP contribution in [0.5, 0.6) is 0 Å². The molecule has 0 radical (unpaired) electrons. The van der Waals surface area contributed by atoms with Crippen molar-refractivity contribution in [1.29, 1.82) is 0 Å². The second-order valence-corrected chi connectivity index (χ2v) is 6.04. The number of nitrogens with zero attached hydrogens (tertiary/aromatic N) is 1. The Balaban J connectivity index is 2.30. The summed E-state index contributed by atoms with van der Waals surface area (Å²) in [7, 11) is 0. The number of unbranched alkanes of at least 4 members (excludes halogenated alkanes) is 4. The van der Waals surface area contributed by atoms with Crippen molar-refractivity contribution in [3.8, 4) is 0 Å². The minimum atomic E-state index is -0.0872. The van der Waals surface area contributed by atoms with Gasteiger partial charge in [-0.3, -0.25) is 4.79 Å². The summed E-state index contributed by atoms with van der Waals surface area (Å²) >= 11 is 0. The van der Waals surface area contributed by atoms with E-state index in [9.17, 15) is 4.79 Å². The predicted octanol–water partition coefficient (Wildman–Crippen LogP) is 4.27. The van der Waals surface area contributed by atoms with Gasteiger partial charge in [0.05, 0.1) is 0 Å². The lowest BCUT2D eigenvalue weighted by molar-refractivity contribution is -0.116. The van der Waals surface area contributed by atoms with Gasteiger partial charge in [-0.25, -0.2) is 0 Å². The van der Waals surface area contributed by atoms with Crippen LogP contribution in [0, 0.1) is 0 Å². The highest BCUT2D eigenvalue weighted by atomic mass is 16.5. The second kappa shape index (κ2) is 7.31. The smallest absolute Gasteiger partial charge is 0.225 e. The number of carbonyl (C=O) groups is 1. The fraction of sp³-hybridized carbons (Fsp3) is 0.733. The molecule has 0 fully saturated rings. The Morgan fingerprint density at radius 3 is 2.53 bits per heavy atom. The highest BCUT2D eigenvalue weighted by Crippen LogP contribution is 2.24. The fourth-order valence-corrected chi connectivity index (χ4v) is 1.78. The molecule has 0 atom stereocenters. The van der Waals surface area contributed by atoms with Crippen LogP contribution in [0.4, 0.5) is 5.82 Å². The highest BCUT2D eigenvalue weighted by Gasteiger charge is 2.20. The molecule has 0 unspecified atom stereocenters. The van der Waals surface area contributed by atoms with Gasteiger partial charge in [-0.1, -0.05) is 58.5 Å². The Hall–Kier alpha value is -1.32. The van der Waals surface area contributed by atoms with E-state index in [2.05, 4.69) is 17.4 Å². The molecule has 19 heavy (non-hydrogen) atoms. The molecule has 4 heteroatoms. The van der Waals surface area contributed by atoms with Gasteiger partial charge in [-0.05, 0) is 6.42 Å². The third kappa shape index (κ3) is 5.90. The van der Waals surface area contributed by atoms with Crippen molar-refractivity contribution in [3.05, 3.63) is 11.8 Å². The molecule has 0 aliphatic rings. The lowest BCUT2D eigenvalue weighted by Crippen LogP contribution is -2.12. The largest absolute Gasteiger partial charge is 0.359 e. The Bertz CT molecular complexity index is 391. The molecule has 0 saturated carbocycles. The first-order valence-electron chi connectivity index (χ1n) is 7.20. The summed E-state index contributed by atoms with van der Waals surface area (Å²) in [6, 6.07) is 1.80.